The Bertz CT molecular complexity index is 1090. The number of aliphatic hydroxyl groups excluding tert-OH is 1. The molecule has 1 aliphatic heterocycles. The molecule has 0 radical (unpaired) electrons. The molecule has 3 N–H and O–H groups in total. The van der Waals surface area contributed by atoms with Gasteiger partial charge in [-0.25, -0.2) is 13.2 Å². The van der Waals surface area contributed by atoms with E-state index >= 15 is 0 Å². The number of hydrogen-bond acceptors (Lipinski definition) is 5. The smallest absolute Gasteiger partial charge is 0.416 e. The number of ether oxygens (including phenoxy) is 1. The van der Waals surface area contributed by atoms with Gasteiger partial charge in [-0.1, -0.05) is 6.07 Å². The van der Waals surface area contributed by atoms with Gasteiger partial charge in [0.25, 0.3) is 10.0 Å². The number of aliphatic hydroxyl groups is 1. The monoisotopic (exact) mass is 446 g/mol. The van der Waals surface area contributed by atoms with Crippen molar-refractivity contribution in [1.29, 1.82) is 0 Å². The first-order valence-electron chi connectivity index (χ1n) is 8.56. The summed E-state index contributed by atoms with van der Waals surface area (Å²) in [6.45, 7) is 0.531. The summed E-state index contributed by atoms with van der Waals surface area (Å²) in [4.78, 5) is 10.4. The zero-order valence-corrected chi connectivity index (χ0v) is 16.3. The molecule has 0 aromatic heterocycles. The first kappa shape index (κ1) is 21.7. The van der Waals surface area contributed by atoms with Crippen LogP contribution < -0.4 is 14.4 Å². The highest BCUT2D eigenvalue weighted by molar-refractivity contribution is 7.92. The second-order valence-corrected chi connectivity index (χ2v) is 8.36. The van der Waals surface area contributed by atoms with E-state index < -0.39 is 45.5 Å². The van der Waals surface area contributed by atoms with Crippen LogP contribution in [0.15, 0.2) is 41.3 Å². The lowest BCUT2D eigenvalue weighted by Gasteiger charge is -2.36. The van der Waals surface area contributed by atoms with Crippen molar-refractivity contribution in [2.75, 3.05) is 22.8 Å². The summed E-state index contributed by atoms with van der Waals surface area (Å²) in [5, 5.41) is 20.6. The number of nitrogens with zero attached hydrogens (tertiary/aromatic N) is 1. The molecule has 0 saturated carbocycles. The number of carboxylic acid groups (broad SMARTS) is 1. The number of rotatable bonds is 4. The lowest BCUT2D eigenvalue weighted by molar-refractivity contribution is -0.137. The van der Waals surface area contributed by atoms with Gasteiger partial charge in [0.1, 0.15) is 11.9 Å². The molecule has 0 fully saturated rings. The van der Waals surface area contributed by atoms with Crippen molar-refractivity contribution in [3.8, 4) is 5.75 Å². The van der Waals surface area contributed by atoms with E-state index in [1.165, 1.54) is 19.1 Å². The van der Waals surface area contributed by atoms with Crippen LogP contribution >= 0.6 is 0 Å². The first-order valence-corrected chi connectivity index (χ1v) is 10.00. The summed E-state index contributed by atoms with van der Waals surface area (Å²) in [5.41, 5.74) is -0.879. The minimum Gasteiger partial charge on any atom is -0.484 e. The van der Waals surface area contributed by atoms with Gasteiger partial charge < -0.3 is 14.9 Å². The molecule has 0 saturated heterocycles. The number of amides is 1. The Morgan fingerprint density at radius 2 is 2.00 bits per heavy atom. The molecule has 0 bridgehead atoms. The summed E-state index contributed by atoms with van der Waals surface area (Å²) in [6.07, 6.45) is -7.08. The van der Waals surface area contributed by atoms with Crippen LogP contribution in [0.4, 0.5) is 29.3 Å². The van der Waals surface area contributed by atoms with E-state index in [2.05, 4.69) is 5.32 Å². The van der Waals surface area contributed by atoms with Gasteiger partial charge in [-0.3, -0.25) is 9.62 Å². The molecule has 162 valence electrons. The van der Waals surface area contributed by atoms with Crippen LogP contribution in [-0.4, -0.2) is 44.0 Å². The fourth-order valence-corrected chi connectivity index (χ4v) is 4.71. The molecular weight excluding hydrogens is 429 g/mol. The predicted octanol–water partition coefficient (Wildman–Crippen LogP) is 3.05. The van der Waals surface area contributed by atoms with Gasteiger partial charge in [0.2, 0.25) is 0 Å². The third-order valence-corrected chi connectivity index (χ3v) is 6.26. The lowest BCUT2D eigenvalue weighted by atomic mass is 10.1. The Kier molecular flexibility index (Phi) is 5.56. The van der Waals surface area contributed by atoms with Crippen molar-refractivity contribution >= 4 is 27.5 Å². The average molecular weight is 446 g/mol. The van der Waals surface area contributed by atoms with Crippen molar-refractivity contribution in [1.82, 2.24) is 0 Å². The molecule has 2 aromatic rings. The van der Waals surface area contributed by atoms with E-state index in [0.717, 1.165) is 22.5 Å². The van der Waals surface area contributed by atoms with Gasteiger partial charge in [0.15, 0.2) is 0 Å². The molecule has 2 aromatic carbocycles. The second kappa shape index (κ2) is 7.69. The molecule has 30 heavy (non-hydrogen) atoms. The Hall–Kier alpha value is -2.99. The fraction of sp³-hybridized carbons (Fsp3) is 0.278. The number of sulfonamides is 1. The van der Waals surface area contributed by atoms with Crippen LogP contribution in [0, 0.1) is 6.92 Å². The Balaban J connectivity index is 2.17. The molecule has 0 aliphatic carbocycles. The molecule has 12 heteroatoms. The number of nitrogens with one attached hydrogen (secondary N) is 1. The minimum atomic E-state index is -4.74. The fourth-order valence-electron chi connectivity index (χ4n) is 3.10. The largest absolute Gasteiger partial charge is 0.484 e. The maximum absolute atomic E-state index is 13.3. The van der Waals surface area contributed by atoms with Gasteiger partial charge in [0.05, 0.1) is 29.3 Å². The molecule has 3 rings (SSSR count). The number of benzene rings is 2. The average Bonchev–Trinajstić information content (AvgIpc) is 2.68. The van der Waals surface area contributed by atoms with Crippen molar-refractivity contribution in [2.45, 2.75) is 24.1 Å². The van der Waals surface area contributed by atoms with Gasteiger partial charge in [0, 0.05) is 11.3 Å². The van der Waals surface area contributed by atoms with Crippen molar-refractivity contribution in [2.24, 2.45) is 0 Å². The summed E-state index contributed by atoms with van der Waals surface area (Å²) in [7, 11) is -4.50. The van der Waals surface area contributed by atoms with Gasteiger partial charge in [-0.2, -0.15) is 13.2 Å². The highest BCUT2D eigenvalue weighted by Crippen LogP contribution is 2.43. The van der Waals surface area contributed by atoms with Gasteiger partial charge >= 0.3 is 12.3 Å². The van der Waals surface area contributed by atoms with Crippen LogP contribution in [0.1, 0.15) is 11.1 Å². The molecule has 1 atom stereocenters. The van der Waals surface area contributed by atoms with Crippen LogP contribution in [0.25, 0.3) is 0 Å². The third-order valence-electron chi connectivity index (χ3n) is 4.50. The molecule has 1 heterocycles. The molecule has 1 unspecified atom stereocenters. The molecule has 1 aliphatic rings. The van der Waals surface area contributed by atoms with E-state index in [1.807, 2.05) is 0 Å². The van der Waals surface area contributed by atoms with Crippen molar-refractivity contribution < 1.29 is 41.3 Å². The van der Waals surface area contributed by atoms with E-state index in [0.29, 0.717) is 6.07 Å². The number of hydrogen-bond donors (Lipinski definition) is 3. The minimum absolute atomic E-state index is 0.0247. The summed E-state index contributed by atoms with van der Waals surface area (Å²) in [5.74, 6) is 0.0456. The number of carbonyl (C=O) groups is 1. The van der Waals surface area contributed by atoms with Crippen LogP contribution in [0.2, 0.25) is 0 Å². The molecule has 0 spiro atoms. The van der Waals surface area contributed by atoms with Gasteiger partial charge in [-0.05, 0) is 37.3 Å². The number of fused-ring (bicyclic) bond motifs is 1. The Labute approximate surface area is 169 Å². The van der Waals surface area contributed by atoms with Gasteiger partial charge in [-0.15, -0.1) is 0 Å². The SMILES string of the molecule is Cc1c(NC(=O)O)ccc2c1N(S(=O)(=O)c1cccc(C(F)(F)F)c1)CC(CO)O2. The van der Waals surface area contributed by atoms with Crippen molar-refractivity contribution in [3.05, 3.63) is 47.5 Å². The molecule has 1 amide bonds. The molecule has 8 nitrogen and oxygen atoms in total. The maximum atomic E-state index is 13.3. The number of anilines is 2. The predicted molar refractivity (Wildman–Crippen MR) is 100 cm³/mol. The van der Waals surface area contributed by atoms with E-state index in [9.17, 15) is 31.5 Å². The molecular formula is C18H17F3N2O6S. The number of halogens is 3. The van der Waals surface area contributed by atoms with E-state index in [-0.39, 0.29) is 29.2 Å². The topological polar surface area (TPSA) is 116 Å². The Morgan fingerprint density at radius 1 is 1.30 bits per heavy atom. The van der Waals surface area contributed by atoms with Crippen LogP contribution in [-0.2, 0) is 16.2 Å². The highest BCUT2D eigenvalue weighted by atomic mass is 32.2. The first-order chi connectivity index (χ1) is 13.9. The standard InChI is InChI=1S/C18H17F3N2O6S/c1-10-14(22-17(25)26)5-6-15-16(10)23(8-12(9-24)29-15)30(27,28)13-4-2-3-11(7-13)18(19,20)21/h2-7,12,22,24H,8-9H2,1H3,(H,25,26). The zero-order chi connectivity index (χ0) is 22.3. The third kappa shape index (κ3) is 4.00. The lowest BCUT2D eigenvalue weighted by Crippen LogP contribution is -2.45. The van der Waals surface area contributed by atoms with Crippen LogP contribution in [0.3, 0.4) is 0 Å². The maximum Gasteiger partial charge on any atom is 0.416 e. The quantitative estimate of drug-likeness (QED) is 0.665. The highest BCUT2D eigenvalue weighted by Gasteiger charge is 2.38. The normalized spacial score (nSPS) is 16.6. The second-order valence-electron chi connectivity index (χ2n) is 6.50. The summed E-state index contributed by atoms with van der Waals surface area (Å²) >= 11 is 0. The van der Waals surface area contributed by atoms with Crippen LogP contribution in [0.5, 0.6) is 5.75 Å². The summed E-state index contributed by atoms with van der Waals surface area (Å²) in [6, 6.07) is 5.97. The number of alkyl halides is 3. The van der Waals surface area contributed by atoms with E-state index in [1.54, 1.807) is 0 Å². The Morgan fingerprint density at radius 3 is 2.60 bits per heavy atom. The van der Waals surface area contributed by atoms with Crippen molar-refractivity contribution in [3.63, 3.8) is 0 Å². The van der Waals surface area contributed by atoms with E-state index in [4.69, 9.17) is 9.84 Å². The zero-order valence-electron chi connectivity index (χ0n) is 15.5. The summed E-state index contributed by atoms with van der Waals surface area (Å²) < 4.78 is 72.1.